The topological polar surface area (TPSA) is 95.9 Å². The Labute approximate surface area is 544 Å². The molecule has 0 aromatic rings. The second-order valence-corrected chi connectivity index (χ2v) is 27.0. The first kappa shape index (κ1) is 84.8. The first-order valence-corrected chi connectivity index (χ1v) is 39.4. The van der Waals surface area contributed by atoms with Crippen molar-refractivity contribution in [3.05, 3.63) is 48.6 Å². The SMILES string of the molecule is CCCCC/C=C\C/C=C\CCCCCCCC(=O)OCCCCCCCCCCC/C=C\C/C=C\CCCCCCCCCCCCCCCCCCCC(=O)NC(CO)C(O)CCCCCCCCCCCCCCCCCCCCCCCC. The van der Waals surface area contributed by atoms with Crippen molar-refractivity contribution in [2.45, 2.75) is 443 Å². The molecule has 6 heteroatoms. The van der Waals surface area contributed by atoms with Crippen LogP contribution in [-0.2, 0) is 14.3 Å². The van der Waals surface area contributed by atoms with Crippen molar-refractivity contribution in [2.75, 3.05) is 13.2 Å². The number of nitrogens with one attached hydrogen (secondary N) is 1. The van der Waals surface area contributed by atoms with Crippen molar-refractivity contribution >= 4 is 11.9 Å². The van der Waals surface area contributed by atoms with E-state index >= 15 is 0 Å². The summed E-state index contributed by atoms with van der Waals surface area (Å²) < 4.78 is 5.49. The molecule has 0 bridgehead atoms. The third kappa shape index (κ3) is 72.8. The summed E-state index contributed by atoms with van der Waals surface area (Å²) in [6, 6.07) is -0.542. The molecular weight excluding hydrogens is 1070 g/mol. The molecule has 0 radical (unpaired) electrons. The quantitative estimate of drug-likeness (QED) is 0.0320. The lowest BCUT2D eigenvalue weighted by Gasteiger charge is -2.22. The number of hydrogen-bond acceptors (Lipinski definition) is 5. The number of esters is 1. The number of rotatable bonds is 74. The van der Waals surface area contributed by atoms with Crippen molar-refractivity contribution in [3.8, 4) is 0 Å². The standard InChI is InChI=1S/C81H153NO5/c1-3-5-7-9-11-13-15-17-19-20-21-22-36-39-42-46-49-53-57-61-65-69-73-79(84)78(77-83)82-80(85)74-70-66-62-58-54-50-47-43-40-37-34-32-30-28-26-24-23-25-27-29-31-33-35-38-41-44-48-52-56-60-64-68-72-76-87-81(86)75-71-67-63-59-55-51-45-18-16-14-12-10-8-6-4-2/h12,14,18,27,29,33,35,45,78-79,83-84H,3-11,13,15-17,19-26,28,30-32,34,36-44,46-77H2,1-2H3,(H,82,85)/b14-12-,29-27-,35-33-,45-18-. The zero-order valence-electron chi connectivity index (χ0n) is 58.8. The fraction of sp³-hybridized carbons (Fsp3) is 0.877. The lowest BCUT2D eigenvalue weighted by molar-refractivity contribution is -0.143. The average molecular weight is 1220 g/mol. The Bertz CT molecular complexity index is 1450. The zero-order chi connectivity index (χ0) is 62.8. The molecule has 2 unspecified atom stereocenters. The summed E-state index contributed by atoms with van der Waals surface area (Å²) >= 11 is 0. The lowest BCUT2D eigenvalue weighted by Crippen LogP contribution is -2.45. The Morgan fingerprint density at radius 3 is 0.897 bits per heavy atom. The van der Waals surface area contributed by atoms with Crippen LogP contribution in [0.3, 0.4) is 0 Å². The van der Waals surface area contributed by atoms with Crippen molar-refractivity contribution in [1.29, 1.82) is 0 Å². The van der Waals surface area contributed by atoms with Gasteiger partial charge in [-0.05, 0) is 89.9 Å². The van der Waals surface area contributed by atoms with E-state index in [4.69, 9.17) is 4.74 Å². The van der Waals surface area contributed by atoms with Gasteiger partial charge in [0.25, 0.3) is 0 Å². The van der Waals surface area contributed by atoms with E-state index in [0.717, 1.165) is 57.8 Å². The summed E-state index contributed by atoms with van der Waals surface area (Å²) in [7, 11) is 0. The maximum atomic E-state index is 12.6. The summed E-state index contributed by atoms with van der Waals surface area (Å²) in [5.74, 6) is -0.0279. The maximum Gasteiger partial charge on any atom is 0.305 e. The number of ether oxygens (including phenoxy) is 1. The van der Waals surface area contributed by atoms with Gasteiger partial charge in [0.2, 0.25) is 5.91 Å². The summed E-state index contributed by atoms with van der Waals surface area (Å²) in [6.45, 7) is 4.96. The first-order valence-electron chi connectivity index (χ1n) is 39.4. The number of aliphatic hydroxyl groups excluding tert-OH is 2. The molecule has 0 aliphatic carbocycles. The highest BCUT2D eigenvalue weighted by Crippen LogP contribution is 2.19. The minimum absolute atomic E-state index is 0.000558. The van der Waals surface area contributed by atoms with Crippen LogP contribution in [0.2, 0.25) is 0 Å². The van der Waals surface area contributed by atoms with Crippen LogP contribution >= 0.6 is 0 Å². The smallest absolute Gasteiger partial charge is 0.305 e. The third-order valence-corrected chi connectivity index (χ3v) is 18.4. The normalized spacial score (nSPS) is 12.7. The van der Waals surface area contributed by atoms with Gasteiger partial charge < -0.3 is 20.3 Å². The van der Waals surface area contributed by atoms with E-state index in [2.05, 4.69) is 67.8 Å². The second kappa shape index (κ2) is 76.3. The van der Waals surface area contributed by atoms with E-state index in [1.807, 2.05) is 0 Å². The van der Waals surface area contributed by atoms with Gasteiger partial charge in [0.1, 0.15) is 0 Å². The number of allylic oxidation sites excluding steroid dienone is 8. The average Bonchev–Trinajstić information content (AvgIpc) is 3.52. The molecule has 2 atom stereocenters. The zero-order valence-corrected chi connectivity index (χ0v) is 58.8. The Morgan fingerprint density at radius 1 is 0.322 bits per heavy atom. The van der Waals surface area contributed by atoms with E-state index in [1.165, 1.54) is 340 Å². The van der Waals surface area contributed by atoms with Crippen LogP contribution in [0.15, 0.2) is 48.6 Å². The van der Waals surface area contributed by atoms with Gasteiger partial charge in [0.15, 0.2) is 0 Å². The Balaban J connectivity index is 3.39. The summed E-state index contributed by atoms with van der Waals surface area (Å²) in [5, 5.41) is 23.5. The predicted molar refractivity (Wildman–Crippen MR) is 384 cm³/mol. The minimum atomic E-state index is -0.665. The second-order valence-electron chi connectivity index (χ2n) is 27.0. The molecule has 0 fully saturated rings. The van der Waals surface area contributed by atoms with Gasteiger partial charge in [-0.1, -0.05) is 377 Å². The number of amides is 1. The predicted octanol–water partition coefficient (Wildman–Crippen LogP) is 26.0. The van der Waals surface area contributed by atoms with Gasteiger partial charge in [-0.15, -0.1) is 0 Å². The number of hydrogen-bond donors (Lipinski definition) is 3. The molecule has 1 amide bonds. The first-order chi connectivity index (χ1) is 43.0. The molecule has 3 N–H and O–H groups in total. The summed E-state index contributed by atoms with van der Waals surface area (Å²) in [6.07, 6.45) is 101. The van der Waals surface area contributed by atoms with Crippen LogP contribution in [0.4, 0.5) is 0 Å². The monoisotopic (exact) mass is 1220 g/mol. The maximum absolute atomic E-state index is 12.6. The van der Waals surface area contributed by atoms with Gasteiger partial charge in [-0.3, -0.25) is 9.59 Å². The molecule has 0 spiro atoms. The molecule has 0 heterocycles. The van der Waals surface area contributed by atoms with Gasteiger partial charge in [-0.2, -0.15) is 0 Å². The van der Waals surface area contributed by atoms with Crippen LogP contribution in [0.1, 0.15) is 431 Å². The van der Waals surface area contributed by atoms with E-state index in [1.54, 1.807) is 0 Å². The Morgan fingerprint density at radius 2 is 0.575 bits per heavy atom. The third-order valence-electron chi connectivity index (χ3n) is 18.4. The van der Waals surface area contributed by atoms with Gasteiger partial charge in [0, 0.05) is 12.8 Å². The molecule has 87 heavy (non-hydrogen) atoms. The van der Waals surface area contributed by atoms with Crippen molar-refractivity contribution in [1.82, 2.24) is 5.32 Å². The minimum Gasteiger partial charge on any atom is -0.466 e. The van der Waals surface area contributed by atoms with Crippen LogP contribution in [0, 0.1) is 0 Å². The highest BCUT2D eigenvalue weighted by molar-refractivity contribution is 5.76. The van der Waals surface area contributed by atoms with E-state index in [0.29, 0.717) is 25.9 Å². The van der Waals surface area contributed by atoms with E-state index in [9.17, 15) is 19.8 Å². The fourth-order valence-electron chi connectivity index (χ4n) is 12.4. The van der Waals surface area contributed by atoms with Gasteiger partial charge in [-0.25, -0.2) is 0 Å². The van der Waals surface area contributed by atoms with Crippen LogP contribution in [0.25, 0.3) is 0 Å². The van der Waals surface area contributed by atoms with E-state index < -0.39 is 12.1 Å². The number of aliphatic hydroxyl groups is 2. The van der Waals surface area contributed by atoms with Crippen molar-refractivity contribution in [3.63, 3.8) is 0 Å². The highest BCUT2D eigenvalue weighted by Gasteiger charge is 2.20. The van der Waals surface area contributed by atoms with Crippen LogP contribution in [-0.4, -0.2) is 47.4 Å². The molecule has 0 aromatic carbocycles. The highest BCUT2D eigenvalue weighted by atomic mass is 16.5. The van der Waals surface area contributed by atoms with E-state index in [-0.39, 0.29) is 18.5 Å². The Hall–Kier alpha value is -2.18. The number of carbonyl (C=O) groups excluding carboxylic acids is 2. The molecule has 0 saturated carbocycles. The number of unbranched alkanes of at least 4 members (excludes halogenated alkanes) is 55. The molecule has 0 aromatic heterocycles. The molecule has 0 aliphatic heterocycles. The largest absolute Gasteiger partial charge is 0.466 e. The van der Waals surface area contributed by atoms with Gasteiger partial charge >= 0.3 is 5.97 Å². The Kier molecular flexibility index (Phi) is 74.4. The summed E-state index contributed by atoms with van der Waals surface area (Å²) in [4.78, 5) is 24.6. The van der Waals surface area contributed by atoms with Gasteiger partial charge in [0.05, 0.1) is 25.4 Å². The molecule has 0 aliphatic rings. The fourth-order valence-corrected chi connectivity index (χ4v) is 12.4. The molecule has 512 valence electrons. The molecule has 0 rings (SSSR count). The lowest BCUT2D eigenvalue weighted by atomic mass is 10.0. The molecular formula is C81H153NO5. The van der Waals surface area contributed by atoms with Crippen LogP contribution in [0.5, 0.6) is 0 Å². The summed E-state index contributed by atoms with van der Waals surface area (Å²) in [5.41, 5.74) is 0. The van der Waals surface area contributed by atoms with Crippen molar-refractivity contribution in [2.24, 2.45) is 0 Å². The number of carbonyl (C=O) groups is 2. The van der Waals surface area contributed by atoms with Crippen LogP contribution < -0.4 is 5.32 Å². The molecule has 6 nitrogen and oxygen atoms in total. The van der Waals surface area contributed by atoms with Crippen molar-refractivity contribution < 1.29 is 24.5 Å². The molecule has 0 saturated heterocycles.